The highest BCUT2D eigenvalue weighted by Gasteiger charge is 2.15. The maximum atomic E-state index is 11.7. The molecule has 0 unspecified atom stereocenters. The van der Waals surface area contributed by atoms with Gasteiger partial charge in [0.25, 0.3) is 0 Å². The molecule has 2 N–H and O–H groups in total. The summed E-state index contributed by atoms with van der Waals surface area (Å²) in [6, 6.07) is 13.5. The molecular weight excluding hydrogens is 356 g/mol. The predicted molar refractivity (Wildman–Crippen MR) is 109 cm³/mol. The lowest BCUT2D eigenvalue weighted by atomic mass is 10.2. The van der Waals surface area contributed by atoms with Crippen molar-refractivity contribution >= 4 is 28.5 Å². The van der Waals surface area contributed by atoms with Crippen LogP contribution in [0, 0.1) is 0 Å². The molecule has 0 radical (unpaired) electrons. The summed E-state index contributed by atoms with van der Waals surface area (Å²) in [4.78, 5) is 20.5. The molecule has 3 rings (SSSR count). The first-order valence-electron chi connectivity index (χ1n) is 8.96. The number of amides is 1. The molecule has 2 aromatic heterocycles. The number of pyridine rings is 2. The van der Waals surface area contributed by atoms with Gasteiger partial charge < -0.3 is 20.1 Å². The Morgan fingerprint density at radius 3 is 2.50 bits per heavy atom. The summed E-state index contributed by atoms with van der Waals surface area (Å²) in [5, 5.41) is 6.97. The van der Waals surface area contributed by atoms with E-state index in [1.54, 1.807) is 13.3 Å². The van der Waals surface area contributed by atoms with Crippen molar-refractivity contribution in [1.82, 2.24) is 15.3 Å². The van der Waals surface area contributed by atoms with Crippen LogP contribution in [0.1, 0.15) is 26.3 Å². The van der Waals surface area contributed by atoms with Gasteiger partial charge in [0.1, 0.15) is 16.9 Å². The maximum absolute atomic E-state index is 11.7. The number of alkyl carbamates (subject to hydrolysis) is 1. The molecule has 0 aliphatic carbocycles. The van der Waals surface area contributed by atoms with Gasteiger partial charge in [0.2, 0.25) is 5.88 Å². The van der Waals surface area contributed by atoms with Gasteiger partial charge in [-0.2, -0.15) is 0 Å². The number of carbonyl (C=O) groups excluding carboxylic acids is 1. The number of rotatable bonds is 5. The summed E-state index contributed by atoms with van der Waals surface area (Å²) < 4.78 is 10.5. The Bertz CT molecular complexity index is 966. The average Bonchev–Trinajstić information content (AvgIpc) is 2.65. The molecule has 1 amide bonds. The van der Waals surface area contributed by atoms with Crippen molar-refractivity contribution in [2.24, 2.45) is 0 Å². The molecule has 2 heterocycles. The second kappa shape index (κ2) is 8.12. The van der Waals surface area contributed by atoms with Gasteiger partial charge in [-0.05, 0) is 56.7 Å². The summed E-state index contributed by atoms with van der Waals surface area (Å²) in [6.45, 7) is 5.89. The largest absolute Gasteiger partial charge is 0.479 e. The van der Waals surface area contributed by atoms with Crippen molar-refractivity contribution in [2.45, 2.75) is 32.9 Å². The van der Waals surface area contributed by atoms with Crippen molar-refractivity contribution in [2.75, 3.05) is 12.4 Å². The first-order valence-corrected chi connectivity index (χ1v) is 8.96. The first-order chi connectivity index (χ1) is 13.3. The monoisotopic (exact) mass is 380 g/mol. The van der Waals surface area contributed by atoms with Crippen LogP contribution in [0.5, 0.6) is 5.88 Å². The van der Waals surface area contributed by atoms with Crippen molar-refractivity contribution < 1.29 is 14.3 Å². The first kappa shape index (κ1) is 19.4. The molecule has 1 aromatic carbocycles. The molecular formula is C21H24N4O3. The number of hydrogen-bond donors (Lipinski definition) is 2. The third-order valence-corrected chi connectivity index (χ3v) is 3.83. The minimum absolute atomic E-state index is 0.395. The molecule has 28 heavy (non-hydrogen) atoms. The Balaban J connectivity index is 1.64. The number of carbonyl (C=O) groups is 1. The van der Waals surface area contributed by atoms with Gasteiger partial charge in [0, 0.05) is 23.8 Å². The third kappa shape index (κ3) is 5.09. The van der Waals surface area contributed by atoms with Crippen molar-refractivity contribution in [3.63, 3.8) is 0 Å². The number of anilines is 2. The third-order valence-electron chi connectivity index (χ3n) is 3.83. The number of fused-ring (bicyclic) bond motifs is 1. The number of methoxy groups -OCH3 is 1. The zero-order valence-electron chi connectivity index (χ0n) is 16.4. The van der Waals surface area contributed by atoms with Crippen LogP contribution in [-0.2, 0) is 11.3 Å². The van der Waals surface area contributed by atoms with Crippen LogP contribution in [-0.4, -0.2) is 28.8 Å². The number of hydrogen-bond acceptors (Lipinski definition) is 6. The Morgan fingerprint density at radius 2 is 1.82 bits per heavy atom. The minimum Gasteiger partial charge on any atom is -0.479 e. The van der Waals surface area contributed by atoms with E-state index < -0.39 is 11.7 Å². The molecule has 7 heteroatoms. The lowest BCUT2D eigenvalue weighted by Crippen LogP contribution is -2.32. The van der Waals surface area contributed by atoms with E-state index in [-0.39, 0.29) is 0 Å². The van der Waals surface area contributed by atoms with Gasteiger partial charge in [0.05, 0.1) is 7.11 Å². The molecule has 0 spiro atoms. The Labute approximate surface area is 164 Å². The fraction of sp³-hybridized carbons (Fsp3) is 0.286. The molecule has 0 bridgehead atoms. The predicted octanol–water partition coefficient (Wildman–Crippen LogP) is 4.41. The zero-order chi connectivity index (χ0) is 20.1. The van der Waals surface area contributed by atoms with Crippen LogP contribution in [0.2, 0.25) is 0 Å². The fourth-order valence-corrected chi connectivity index (χ4v) is 2.58. The molecule has 0 fully saturated rings. The molecule has 146 valence electrons. The number of ether oxygens (including phenoxy) is 2. The maximum Gasteiger partial charge on any atom is 0.407 e. The summed E-state index contributed by atoms with van der Waals surface area (Å²) in [7, 11) is 1.58. The lowest BCUT2D eigenvalue weighted by Gasteiger charge is -2.19. The normalized spacial score (nSPS) is 11.1. The van der Waals surface area contributed by atoms with Crippen LogP contribution >= 0.6 is 0 Å². The van der Waals surface area contributed by atoms with Crippen LogP contribution in [0.3, 0.4) is 0 Å². The standard InChI is InChI=1S/C21H24N4O3/c1-21(2,3)28-20(26)23-13-14-5-8-16(9-6-14)24-17-10-7-15-11-12-22-19(27-4)18(15)25-17/h5-12H,13H2,1-4H3,(H,23,26)(H,24,25). The zero-order valence-corrected chi connectivity index (χ0v) is 16.4. The summed E-state index contributed by atoms with van der Waals surface area (Å²) in [5.74, 6) is 1.18. The number of nitrogens with one attached hydrogen (secondary N) is 2. The van der Waals surface area contributed by atoms with Gasteiger partial charge >= 0.3 is 6.09 Å². The van der Waals surface area contributed by atoms with Gasteiger partial charge in [0.15, 0.2) is 0 Å². The van der Waals surface area contributed by atoms with Crippen LogP contribution in [0.4, 0.5) is 16.3 Å². The molecule has 7 nitrogen and oxygen atoms in total. The molecule has 3 aromatic rings. The Morgan fingerprint density at radius 1 is 1.07 bits per heavy atom. The van der Waals surface area contributed by atoms with Gasteiger partial charge in [-0.1, -0.05) is 12.1 Å². The summed E-state index contributed by atoms with van der Waals surface area (Å²) in [5.41, 5.74) is 2.04. The second-order valence-corrected chi connectivity index (χ2v) is 7.27. The van der Waals surface area contributed by atoms with Gasteiger partial charge in [-0.25, -0.2) is 14.8 Å². The highest BCUT2D eigenvalue weighted by atomic mass is 16.6. The smallest absolute Gasteiger partial charge is 0.407 e. The van der Waals surface area contributed by atoms with Crippen LogP contribution in [0.15, 0.2) is 48.7 Å². The van der Waals surface area contributed by atoms with E-state index in [1.807, 2.05) is 63.2 Å². The highest BCUT2D eigenvalue weighted by molar-refractivity contribution is 5.84. The topological polar surface area (TPSA) is 85.4 Å². The van der Waals surface area contributed by atoms with Crippen molar-refractivity contribution in [1.29, 1.82) is 0 Å². The molecule has 0 atom stereocenters. The van der Waals surface area contributed by atoms with Gasteiger partial charge in [-0.15, -0.1) is 0 Å². The van der Waals surface area contributed by atoms with E-state index in [9.17, 15) is 4.79 Å². The molecule has 0 saturated carbocycles. The molecule has 0 saturated heterocycles. The summed E-state index contributed by atoms with van der Waals surface area (Å²) in [6.07, 6.45) is 1.26. The lowest BCUT2D eigenvalue weighted by molar-refractivity contribution is 0.0523. The molecule has 0 aliphatic rings. The van der Waals surface area contributed by atoms with E-state index in [1.165, 1.54) is 0 Å². The second-order valence-electron chi connectivity index (χ2n) is 7.27. The average molecular weight is 380 g/mol. The number of aromatic nitrogens is 2. The quantitative estimate of drug-likeness (QED) is 0.682. The van der Waals surface area contributed by atoms with E-state index in [0.29, 0.717) is 23.8 Å². The highest BCUT2D eigenvalue weighted by Crippen LogP contribution is 2.24. The van der Waals surface area contributed by atoms with Crippen LogP contribution < -0.4 is 15.4 Å². The van der Waals surface area contributed by atoms with Gasteiger partial charge in [-0.3, -0.25) is 0 Å². The number of benzene rings is 1. The van der Waals surface area contributed by atoms with Crippen molar-refractivity contribution in [3.8, 4) is 5.88 Å². The SMILES string of the molecule is COc1nccc2ccc(Nc3ccc(CNC(=O)OC(C)(C)C)cc3)nc12. The van der Waals surface area contributed by atoms with E-state index in [2.05, 4.69) is 20.6 Å². The minimum atomic E-state index is -0.511. The molecule has 0 aliphatic heterocycles. The fourth-order valence-electron chi connectivity index (χ4n) is 2.58. The number of nitrogens with zero attached hydrogens (tertiary/aromatic N) is 2. The van der Waals surface area contributed by atoms with E-state index in [0.717, 1.165) is 16.6 Å². The van der Waals surface area contributed by atoms with Crippen LogP contribution in [0.25, 0.3) is 10.9 Å². The Kier molecular flexibility index (Phi) is 5.63. The van der Waals surface area contributed by atoms with E-state index in [4.69, 9.17) is 9.47 Å². The summed E-state index contributed by atoms with van der Waals surface area (Å²) >= 11 is 0. The van der Waals surface area contributed by atoms with Crippen molar-refractivity contribution in [3.05, 3.63) is 54.2 Å². The Hall–Kier alpha value is -3.35. The van der Waals surface area contributed by atoms with E-state index >= 15 is 0 Å².